The summed E-state index contributed by atoms with van der Waals surface area (Å²) in [5.41, 5.74) is 0.191. The summed E-state index contributed by atoms with van der Waals surface area (Å²) in [6.07, 6.45) is 1.92. The minimum atomic E-state index is -3.63. The second-order valence-corrected chi connectivity index (χ2v) is 6.25. The van der Waals surface area contributed by atoms with Gasteiger partial charge in [0.25, 0.3) is 0 Å². The monoisotopic (exact) mass is 297 g/mol. The fourth-order valence-electron chi connectivity index (χ4n) is 1.70. The second kappa shape index (κ2) is 7.33. The molecule has 0 amide bonds. The number of sulfonamides is 1. The molecule has 0 aliphatic rings. The lowest BCUT2D eigenvalue weighted by Gasteiger charge is -2.27. The van der Waals surface area contributed by atoms with Crippen molar-refractivity contribution in [3.8, 4) is 6.07 Å². The summed E-state index contributed by atoms with van der Waals surface area (Å²) in [4.78, 5) is 3.90. The van der Waals surface area contributed by atoms with Crippen molar-refractivity contribution in [2.75, 3.05) is 20.3 Å². The maximum atomic E-state index is 12.6. The zero-order valence-electron chi connectivity index (χ0n) is 11.9. The molecule has 0 aromatic carbocycles. The van der Waals surface area contributed by atoms with E-state index in [0.717, 1.165) is 0 Å². The van der Waals surface area contributed by atoms with E-state index in [4.69, 9.17) is 10.00 Å². The third-order valence-electron chi connectivity index (χ3n) is 3.06. The number of nitrogens with zero attached hydrogens (tertiary/aromatic N) is 3. The van der Waals surface area contributed by atoms with E-state index in [1.54, 1.807) is 0 Å². The molecule has 1 unspecified atom stereocenters. The quantitative estimate of drug-likeness (QED) is 0.759. The van der Waals surface area contributed by atoms with Crippen LogP contribution in [0.5, 0.6) is 0 Å². The number of aromatic nitrogens is 1. The Hall–Kier alpha value is -1.49. The van der Waals surface area contributed by atoms with Crippen molar-refractivity contribution in [2.24, 2.45) is 0 Å². The predicted octanol–water partition coefficient (Wildman–Crippen LogP) is 1.39. The van der Waals surface area contributed by atoms with E-state index in [1.165, 1.54) is 29.7 Å². The number of pyridine rings is 1. The third kappa shape index (κ3) is 3.76. The highest BCUT2D eigenvalue weighted by Gasteiger charge is 2.28. The number of hydrogen-bond donors (Lipinski definition) is 0. The number of hydrogen-bond acceptors (Lipinski definition) is 5. The molecule has 0 spiro atoms. The smallest absolute Gasteiger partial charge is 0.244 e. The van der Waals surface area contributed by atoms with Gasteiger partial charge >= 0.3 is 0 Å². The van der Waals surface area contributed by atoms with Crippen LogP contribution in [0.2, 0.25) is 0 Å². The minimum absolute atomic E-state index is 0.0907. The lowest BCUT2D eigenvalue weighted by Crippen LogP contribution is -2.40. The van der Waals surface area contributed by atoms with Crippen LogP contribution >= 0.6 is 0 Å². The molecule has 0 N–H and O–H groups in total. The highest BCUT2D eigenvalue weighted by atomic mass is 32.2. The van der Waals surface area contributed by atoms with Crippen molar-refractivity contribution in [3.63, 3.8) is 0 Å². The Labute approximate surface area is 120 Å². The zero-order chi connectivity index (χ0) is 15.2. The molecule has 0 aliphatic heterocycles. The van der Waals surface area contributed by atoms with E-state index in [-0.39, 0.29) is 23.2 Å². The van der Waals surface area contributed by atoms with E-state index in [9.17, 15) is 8.42 Å². The van der Waals surface area contributed by atoms with Gasteiger partial charge < -0.3 is 4.74 Å². The van der Waals surface area contributed by atoms with Crippen LogP contribution in [0.3, 0.4) is 0 Å². The maximum absolute atomic E-state index is 12.6. The van der Waals surface area contributed by atoms with Crippen LogP contribution in [0.4, 0.5) is 0 Å². The Kier molecular flexibility index (Phi) is 6.07. The molecule has 1 rings (SSSR count). The molecule has 0 fully saturated rings. The lowest BCUT2D eigenvalue weighted by atomic mass is 10.3. The summed E-state index contributed by atoms with van der Waals surface area (Å²) in [6.45, 7) is 4.39. The molecular weight excluding hydrogens is 278 g/mol. The van der Waals surface area contributed by atoms with E-state index in [0.29, 0.717) is 13.0 Å². The first-order valence-corrected chi connectivity index (χ1v) is 7.78. The van der Waals surface area contributed by atoms with Gasteiger partial charge in [0.15, 0.2) is 0 Å². The zero-order valence-corrected chi connectivity index (χ0v) is 12.7. The van der Waals surface area contributed by atoms with E-state index >= 15 is 0 Å². The fourth-order valence-corrected chi connectivity index (χ4v) is 3.33. The first-order chi connectivity index (χ1) is 9.47. The molecule has 0 aliphatic carbocycles. The van der Waals surface area contributed by atoms with Gasteiger partial charge in [-0.1, -0.05) is 6.92 Å². The van der Waals surface area contributed by atoms with Gasteiger partial charge in [0.1, 0.15) is 16.7 Å². The van der Waals surface area contributed by atoms with Gasteiger partial charge in [-0.2, -0.15) is 9.57 Å². The Bertz CT molecular complexity index is 564. The summed E-state index contributed by atoms with van der Waals surface area (Å²) >= 11 is 0. The summed E-state index contributed by atoms with van der Waals surface area (Å²) < 4.78 is 31.5. The van der Waals surface area contributed by atoms with Crippen LogP contribution < -0.4 is 0 Å². The molecule has 1 aromatic heterocycles. The molecule has 0 saturated carbocycles. The number of methoxy groups -OCH3 is 1. The Morgan fingerprint density at radius 3 is 2.65 bits per heavy atom. The van der Waals surface area contributed by atoms with Crippen molar-refractivity contribution in [1.82, 2.24) is 9.29 Å². The van der Waals surface area contributed by atoms with Crippen molar-refractivity contribution < 1.29 is 13.2 Å². The van der Waals surface area contributed by atoms with Crippen molar-refractivity contribution in [1.29, 1.82) is 5.26 Å². The van der Waals surface area contributed by atoms with Crippen LogP contribution in [0.15, 0.2) is 23.2 Å². The van der Waals surface area contributed by atoms with Crippen LogP contribution in [-0.4, -0.2) is 44.0 Å². The second-order valence-electron chi connectivity index (χ2n) is 4.36. The average molecular weight is 297 g/mol. The molecular formula is C13H19N3O3S. The van der Waals surface area contributed by atoms with Crippen LogP contribution in [0.25, 0.3) is 0 Å². The van der Waals surface area contributed by atoms with Crippen LogP contribution in [0, 0.1) is 11.3 Å². The first-order valence-electron chi connectivity index (χ1n) is 6.34. The fraction of sp³-hybridized carbons (Fsp3) is 0.538. The van der Waals surface area contributed by atoms with Crippen LogP contribution in [-0.2, 0) is 14.8 Å². The number of rotatable bonds is 7. The van der Waals surface area contributed by atoms with E-state index in [1.807, 2.05) is 19.9 Å². The molecule has 6 nitrogen and oxygen atoms in total. The largest absolute Gasteiger partial charge is 0.383 e. The maximum Gasteiger partial charge on any atom is 0.244 e. The molecule has 1 heterocycles. The van der Waals surface area contributed by atoms with Gasteiger partial charge in [-0.05, 0) is 25.5 Å². The van der Waals surface area contributed by atoms with Crippen molar-refractivity contribution in [3.05, 3.63) is 24.0 Å². The molecule has 0 bridgehead atoms. The van der Waals surface area contributed by atoms with Crippen molar-refractivity contribution in [2.45, 2.75) is 31.2 Å². The summed E-state index contributed by atoms with van der Waals surface area (Å²) in [5, 5.41) is 8.69. The molecule has 1 aromatic rings. The third-order valence-corrected chi connectivity index (χ3v) is 5.05. The molecule has 1 atom stereocenters. The standard InChI is InChI=1S/C13H19N3O3S/c1-4-11(2)16(7-8-19-3)20(17,18)13-6-5-12(9-14)15-10-13/h5-6,10-11H,4,7-8H2,1-3H3. The topological polar surface area (TPSA) is 83.3 Å². The van der Waals surface area contributed by atoms with E-state index in [2.05, 4.69) is 4.98 Å². The molecule has 7 heteroatoms. The van der Waals surface area contributed by atoms with Gasteiger partial charge in [0.2, 0.25) is 10.0 Å². The normalized spacial score (nSPS) is 13.2. The summed E-state index contributed by atoms with van der Waals surface area (Å²) in [7, 11) is -2.10. The van der Waals surface area contributed by atoms with Gasteiger partial charge in [0.05, 0.1) is 6.61 Å². The molecule has 0 saturated heterocycles. The SMILES string of the molecule is CCC(C)N(CCOC)S(=O)(=O)c1ccc(C#N)nc1. The highest BCUT2D eigenvalue weighted by Crippen LogP contribution is 2.18. The Morgan fingerprint density at radius 1 is 1.50 bits per heavy atom. The van der Waals surface area contributed by atoms with Gasteiger partial charge in [0, 0.05) is 25.9 Å². The van der Waals surface area contributed by atoms with Gasteiger partial charge in [-0.15, -0.1) is 0 Å². The van der Waals surface area contributed by atoms with E-state index < -0.39 is 10.0 Å². The summed E-state index contributed by atoms with van der Waals surface area (Å²) in [6, 6.07) is 4.54. The Balaban J connectivity index is 3.11. The predicted molar refractivity (Wildman–Crippen MR) is 74.5 cm³/mol. The first kappa shape index (κ1) is 16.6. The lowest BCUT2D eigenvalue weighted by molar-refractivity contribution is 0.167. The van der Waals surface area contributed by atoms with Gasteiger partial charge in [-0.3, -0.25) is 0 Å². The van der Waals surface area contributed by atoms with Gasteiger partial charge in [-0.25, -0.2) is 13.4 Å². The number of nitriles is 1. The average Bonchev–Trinajstić information content (AvgIpc) is 2.47. The summed E-state index contributed by atoms with van der Waals surface area (Å²) in [5.74, 6) is 0. The van der Waals surface area contributed by atoms with Crippen molar-refractivity contribution >= 4 is 10.0 Å². The van der Waals surface area contributed by atoms with Crippen LogP contribution in [0.1, 0.15) is 26.0 Å². The highest BCUT2D eigenvalue weighted by molar-refractivity contribution is 7.89. The minimum Gasteiger partial charge on any atom is -0.383 e. The molecule has 110 valence electrons. The number of ether oxygens (including phenoxy) is 1. The Morgan fingerprint density at radius 2 is 2.20 bits per heavy atom. The molecule has 0 radical (unpaired) electrons. The molecule has 20 heavy (non-hydrogen) atoms.